The van der Waals surface area contributed by atoms with Crippen LogP contribution in [0.2, 0.25) is 0 Å². The molecule has 0 N–H and O–H groups in total. The van der Waals surface area contributed by atoms with Gasteiger partial charge in [0.25, 0.3) is 0 Å². The molecule has 0 bridgehead atoms. The van der Waals surface area contributed by atoms with Crippen LogP contribution in [0.15, 0.2) is 6.08 Å². The lowest BCUT2D eigenvalue weighted by Crippen LogP contribution is -2.22. The van der Waals surface area contributed by atoms with Gasteiger partial charge in [-0.15, -0.1) is 12.4 Å². The number of ether oxygens (including phenoxy) is 1. The van der Waals surface area contributed by atoms with Gasteiger partial charge in [0.15, 0.2) is 17.4 Å². The predicted molar refractivity (Wildman–Crippen MR) is 76.9 cm³/mol. The van der Waals surface area contributed by atoms with Crippen molar-refractivity contribution < 1.29 is 22.3 Å². The van der Waals surface area contributed by atoms with Crippen LogP contribution >= 0.6 is 12.4 Å². The van der Waals surface area contributed by atoms with Crippen LogP contribution < -0.4 is 4.74 Å². The number of nitrogens with zero attached hydrogens (tertiary/aromatic N) is 1. The highest BCUT2D eigenvalue weighted by Crippen LogP contribution is 2.30. The lowest BCUT2D eigenvalue weighted by Gasteiger charge is -2.15. The first kappa shape index (κ1) is 19.7. The van der Waals surface area contributed by atoms with Crippen molar-refractivity contribution in [1.29, 1.82) is 0 Å². The summed E-state index contributed by atoms with van der Waals surface area (Å²) in [4.78, 5) is 1.97. The molecular weight excluding hydrogens is 310 g/mol. The molecule has 0 aromatic heterocycles. The molecule has 0 fully saturated rings. The van der Waals surface area contributed by atoms with Crippen LogP contribution in [0, 0.1) is 23.3 Å². The lowest BCUT2D eigenvalue weighted by molar-refractivity contribution is 0.331. The van der Waals surface area contributed by atoms with E-state index in [1.54, 1.807) is 0 Å². The minimum atomic E-state index is -1.53. The molecule has 0 radical (unpaired) electrons. The number of likely N-dealkylation sites (N-methyl/N-ethyl adjacent to an activating group) is 1. The lowest BCUT2D eigenvalue weighted by atomic mass is 10.1. The van der Waals surface area contributed by atoms with Gasteiger partial charge < -0.3 is 9.64 Å². The molecule has 1 aromatic rings. The van der Waals surface area contributed by atoms with Gasteiger partial charge in [0.05, 0.1) is 12.7 Å². The molecular formula is C14H18ClF4NO. The molecule has 120 valence electrons. The summed E-state index contributed by atoms with van der Waals surface area (Å²) in [6.07, 6.45) is 2.49. The molecule has 0 atom stereocenters. The number of halogens is 5. The molecule has 1 aromatic carbocycles. The Morgan fingerprint density at radius 1 is 0.952 bits per heavy atom. The predicted octanol–water partition coefficient (Wildman–Crippen LogP) is 4.03. The monoisotopic (exact) mass is 327 g/mol. The molecule has 7 heteroatoms. The Morgan fingerprint density at radius 3 is 1.81 bits per heavy atom. The first-order valence-electron chi connectivity index (χ1n) is 6.26. The van der Waals surface area contributed by atoms with Crippen LogP contribution in [-0.2, 0) is 0 Å². The van der Waals surface area contributed by atoms with E-state index in [4.69, 9.17) is 0 Å². The van der Waals surface area contributed by atoms with E-state index in [-0.39, 0.29) is 12.4 Å². The van der Waals surface area contributed by atoms with Crippen molar-refractivity contribution in [3.8, 4) is 5.75 Å². The normalized spacial score (nSPS) is 11.0. The van der Waals surface area contributed by atoms with Gasteiger partial charge >= 0.3 is 0 Å². The zero-order chi connectivity index (χ0) is 15.3. The summed E-state index contributed by atoms with van der Waals surface area (Å²) in [6.45, 7) is 5.83. The quantitative estimate of drug-likeness (QED) is 0.578. The molecule has 0 unspecified atom stereocenters. The summed E-state index contributed by atoms with van der Waals surface area (Å²) >= 11 is 0. The summed E-state index contributed by atoms with van der Waals surface area (Å²) in [5.41, 5.74) is -0.743. The van der Waals surface area contributed by atoms with E-state index in [0.29, 0.717) is 6.54 Å². The topological polar surface area (TPSA) is 12.5 Å². The number of hydrogen-bond donors (Lipinski definition) is 0. The molecule has 0 amide bonds. The zero-order valence-electron chi connectivity index (χ0n) is 12.1. The van der Waals surface area contributed by atoms with Crippen molar-refractivity contribution >= 4 is 18.5 Å². The first-order valence-corrected chi connectivity index (χ1v) is 6.26. The Morgan fingerprint density at radius 2 is 1.43 bits per heavy atom. The highest BCUT2D eigenvalue weighted by atomic mass is 35.5. The number of hydrogen-bond acceptors (Lipinski definition) is 2. The molecule has 0 saturated carbocycles. The van der Waals surface area contributed by atoms with Crippen molar-refractivity contribution in [1.82, 2.24) is 4.90 Å². The molecule has 0 aliphatic rings. The maximum Gasteiger partial charge on any atom is 0.204 e. The van der Waals surface area contributed by atoms with Crippen molar-refractivity contribution in [2.24, 2.45) is 0 Å². The molecule has 21 heavy (non-hydrogen) atoms. The highest BCUT2D eigenvalue weighted by molar-refractivity contribution is 5.85. The average molecular weight is 328 g/mol. The van der Waals surface area contributed by atoms with E-state index < -0.39 is 34.6 Å². The van der Waals surface area contributed by atoms with Crippen LogP contribution in [0.25, 0.3) is 6.08 Å². The first-order chi connectivity index (χ1) is 9.47. The fourth-order valence-corrected chi connectivity index (χ4v) is 1.76. The van der Waals surface area contributed by atoms with Crippen LogP contribution in [0.3, 0.4) is 0 Å². The van der Waals surface area contributed by atoms with Gasteiger partial charge in [0, 0.05) is 6.54 Å². The van der Waals surface area contributed by atoms with E-state index in [2.05, 4.69) is 4.74 Å². The Hall–Kier alpha value is -1.27. The highest BCUT2D eigenvalue weighted by Gasteiger charge is 2.24. The summed E-state index contributed by atoms with van der Waals surface area (Å²) in [5, 5.41) is 0. The summed E-state index contributed by atoms with van der Waals surface area (Å²) in [7, 11) is 0.941. The van der Waals surface area contributed by atoms with Gasteiger partial charge in [0.1, 0.15) is 0 Å². The van der Waals surface area contributed by atoms with E-state index in [9.17, 15) is 17.6 Å². The number of rotatable bonds is 6. The van der Waals surface area contributed by atoms with Gasteiger partial charge in [-0.1, -0.05) is 26.0 Å². The second-order valence-electron chi connectivity index (χ2n) is 4.09. The summed E-state index contributed by atoms with van der Waals surface area (Å²) in [6, 6.07) is 0. The fraction of sp³-hybridized carbons (Fsp3) is 0.429. The SMILES string of the molecule is CCN(CC)C/C=C/c1c(F)c(F)c(OC)c(F)c1F.Cl. The Labute approximate surface area is 127 Å². The molecule has 2 nitrogen and oxygen atoms in total. The third-order valence-electron chi connectivity index (χ3n) is 3.00. The largest absolute Gasteiger partial charge is 0.491 e. The van der Waals surface area contributed by atoms with Gasteiger partial charge in [-0.2, -0.15) is 8.78 Å². The number of benzene rings is 1. The maximum absolute atomic E-state index is 13.7. The minimum absolute atomic E-state index is 0. The fourth-order valence-electron chi connectivity index (χ4n) is 1.76. The molecule has 0 heterocycles. The third-order valence-corrected chi connectivity index (χ3v) is 3.00. The third kappa shape index (κ3) is 4.35. The van der Waals surface area contributed by atoms with E-state index in [1.165, 1.54) is 6.08 Å². The van der Waals surface area contributed by atoms with Gasteiger partial charge in [-0.3, -0.25) is 0 Å². The molecule has 1 rings (SSSR count). The zero-order valence-corrected chi connectivity index (χ0v) is 12.9. The van der Waals surface area contributed by atoms with Crippen LogP contribution in [0.4, 0.5) is 17.6 Å². The maximum atomic E-state index is 13.7. The van der Waals surface area contributed by atoms with E-state index >= 15 is 0 Å². The van der Waals surface area contributed by atoms with Gasteiger partial charge in [-0.05, 0) is 13.1 Å². The van der Waals surface area contributed by atoms with Gasteiger partial charge in [-0.25, -0.2) is 8.78 Å². The van der Waals surface area contributed by atoms with Crippen molar-refractivity contribution in [3.63, 3.8) is 0 Å². The average Bonchev–Trinajstić information content (AvgIpc) is 2.45. The molecule has 0 aliphatic heterocycles. The summed E-state index contributed by atoms with van der Waals surface area (Å²) < 4.78 is 58.6. The smallest absolute Gasteiger partial charge is 0.204 e. The second-order valence-corrected chi connectivity index (χ2v) is 4.09. The Balaban J connectivity index is 0.00000400. The van der Waals surface area contributed by atoms with Crippen molar-refractivity contribution in [2.45, 2.75) is 13.8 Å². The minimum Gasteiger partial charge on any atom is -0.491 e. The molecule has 0 saturated heterocycles. The van der Waals surface area contributed by atoms with Crippen LogP contribution in [0.5, 0.6) is 5.75 Å². The van der Waals surface area contributed by atoms with Crippen LogP contribution in [-0.4, -0.2) is 31.6 Å². The van der Waals surface area contributed by atoms with Gasteiger partial charge in [0.2, 0.25) is 11.6 Å². The second kappa shape index (κ2) is 8.89. The molecule has 0 spiro atoms. The van der Waals surface area contributed by atoms with Crippen LogP contribution in [0.1, 0.15) is 19.4 Å². The standard InChI is InChI=1S/C14H17F4NO.ClH/c1-4-19(5-2)8-6-7-9-10(15)12(17)14(20-3)13(18)11(9)16;/h6-7H,4-5,8H2,1-3H3;1H/b7-6+;. The number of methoxy groups -OCH3 is 1. The molecule has 0 aliphatic carbocycles. The van der Waals surface area contributed by atoms with Crippen molar-refractivity contribution in [2.75, 3.05) is 26.7 Å². The Kier molecular flexibility index (Phi) is 8.36. The summed E-state index contributed by atoms with van der Waals surface area (Å²) in [5.74, 6) is -7.04. The van der Waals surface area contributed by atoms with E-state index in [0.717, 1.165) is 26.3 Å². The van der Waals surface area contributed by atoms with E-state index in [1.807, 2.05) is 18.7 Å². The Bertz CT molecular complexity index is 475. The van der Waals surface area contributed by atoms with Crippen molar-refractivity contribution in [3.05, 3.63) is 34.9 Å².